The first-order valence-electron chi connectivity index (χ1n) is 5.84. The molecule has 0 radical (unpaired) electrons. The molecule has 0 saturated heterocycles. The number of nitrogens with zero attached hydrogens (tertiary/aromatic N) is 1. The SMILES string of the molecule is O=C(NC1CC1)c1cc(-c2ccc(F)cc2)n[nH]1. The third kappa shape index (κ3) is 2.25. The number of aromatic nitrogens is 2. The zero-order valence-electron chi connectivity index (χ0n) is 9.61. The van der Waals surface area contributed by atoms with Gasteiger partial charge in [0.1, 0.15) is 11.5 Å². The number of hydrogen-bond donors (Lipinski definition) is 2. The van der Waals surface area contributed by atoms with E-state index >= 15 is 0 Å². The summed E-state index contributed by atoms with van der Waals surface area (Å²) in [5.41, 5.74) is 1.84. The standard InChI is InChI=1S/C13H12FN3O/c14-9-3-1-8(2-4-9)11-7-12(17-16-11)13(18)15-10-5-6-10/h1-4,7,10H,5-6H2,(H,15,18)(H,16,17). The summed E-state index contributed by atoms with van der Waals surface area (Å²) < 4.78 is 12.8. The molecule has 4 nitrogen and oxygen atoms in total. The number of carbonyl (C=O) groups excluding carboxylic acids is 1. The molecule has 3 rings (SSSR count). The molecule has 1 amide bonds. The Bertz CT molecular complexity index is 572. The van der Waals surface area contributed by atoms with Gasteiger partial charge in [0.05, 0.1) is 5.69 Å². The normalized spacial score (nSPS) is 14.5. The highest BCUT2D eigenvalue weighted by Gasteiger charge is 2.24. The van der Waals surface area contributed by atoms with Crippen LogP contribution >= 0.6 is 0 Å². The minimum absolute atomic E-state index is 0.140. The number of benzene rings is 1. The molecule has 2 N–H and O–H groups in total. The lowest BCUT2D eigenvalue weighted by molar-refractivity contribution is 0.0946. The monoisotopic (exact) mass is 245 g/mol. The van der Waals surface area contributed by atoms with Crippen LogP contribution < -0.4 is 5.32 Å². The maximum Gasteiger partial charge on any atom is 0.269 e. The fraction of sp³-hybridized carbons (Fsp3) is 0.231. The Morgan fingerprint density at radius 2 is 2.06 bits per heavy atom. The number of hydrogen-bond acceptors (Lipinski definition) is 2. The number of halogens is 1. The highest BCUT2D eigenvalue weighted by atomic mass is 19.1. The summed E-state index contributed by atoms with van der Waals surface area (Å²) in [4.78, 5) is 11.8. The van der Waals surface area contributed by atoms with Gasteiger partial charge in [0.2, 0.25) is 0 Å². The van der Waals surface area contributed by atoms with Gasteiger partial charge in [0.25, 0.3) is 5.91 Å². The summed E-state index contributed by atoms with van der Waals surface area (Å²) in [7, 11) is 0. The molecule has 1 aliphatic rings. The van der Waals surface area contributed by atoms with Crippen molar-refractivity contribution in [2.24, 2.45) is 0 Å². The second kappa shape index (κ2) is 4.25. The first-order valence-corrected chi connectivity index (χ1v) is 5.84. The Morgan fingerprint density at radius 1 is 1.33 bits per heavy atom. The average molecular weight is 245 g/mol. The molecule has 18 heavy (non-hydrogen) atoms. The average Bonchev–Trinajstić information content (AvgIpc) is 3.04. The van der Waals surface area contributed by atoms with Gasteiger partial charge in [-0.05, 0) is 43.2 Å². The van der Waals surface area contributed by atoms with Crippen molar-refractivity contribution in [2.45, 2.75) is 18.9 Å². The van der Waals surface area contributed by atoms with E-state index in [0.717, 1.165) is 18.4 Å². The van der Waals surface area contributed by atoms with Crippen LogP contribution in [0.25, 0.3) is 11.3 Å². The molecule has 92 valence electrons. The van der Waals surface area contributed by atoms with Crippen LogP contribution in [0, 0.1) is 5.82 Å². The number of aromatic amines is 1. The van der Waals surface area contributed by atoms with Crippen LogP contribution in [0.3, 0.4) is 0 Å². The van der Waals surface area contributed by atoms with Crippen molar-refractivity contribution in [1.29, 1.82) is 0 Å². The van der Waals surface area contributed by atoms with Gasteiger partial charge in [-0.15, -0.1) is 0 Å². The van der Waals surface area contributed by atoms with Gasteiger partial charge in [-0.25, -0.2) is 4.39 Å². The van der Waals surface area contributed by atoms with Gasteiger partial charge in [0, 0.05) is 11.6 Å². The lowest BCUT2D eigenvalue weighted by Gasteiger charge is -1.98. The van der Waals surface area contributed by atoms with Gasteiger partial charge in [-0.2, -0.15) is 5.10 Å². The lowest BCUT2D eigenvalue weighted by Crippen LogP contribution is -2.25. The van der Waals surface area contributed by atoms with Gasteiger partial charge in [-0.1, -0.05) is 0 Å². The van der Waals surface area contributed by atoms with Crippen LogP contribution in [-0.4, -0.2) is 22.1 Å². The molecule has 1 heterocycles. The fourth-order valence-electron chi connectivity index (χ4n) is 1.70. The zero-order chi connectivity index (χ0) is 12.5. The molecule has 0 aliphatic heterocycles. The summed E-state index contributed by atoms with van der Waals surface area (Å²) >= 11 is 0. The van der Waals surface area contributed by atoms with E-state index in [2.05, 4.69) is 15.5 Å². The summed E-state index contributed by atoms with van der Waals surface area (Å²) in [6, 6.07) is 7.99. The maximum absolute atomic E-state index is 12.8. The predicted octanol–water partition coefficient (Wildman–Crippen LogP) is 2.11. The van der Waals surface area contributed by atoms with E-state index in [4.69, 9.17) is 0 Å². The lowest BCUT2D eigenvalue weighted by atomic mass is 10.1. The van der Waals surface area contributed by atoms with Crippen molar-refractivity contribution in [3.05, 3.63) is 41.8 Å². The molecule has 0 atom stereocenters. The summed E-state index contributed by atoms with van der Waals surface area (Å²) in [5, 5.41) is 9.63. The molecule has 2 aromatic rings. The summed E-state index contributed by atoms with van der Waals surface area (Å²) in [6.07, 6.45) is 2.09. The van der Waals surface area contributed by atoms with Gasteiger partial charge >= 0.3 is 0 Å². The number of H-pyrrole nitrogens is 1. The molecule has 1 saturated carbocycles. The smallest absolute Gasteiger partial charge is 0.269 e. The molecule has 1 fully saturated rings. The minimum atomic E-state index is -0.291. The third-order valence-corrected chi connectivity index (χ3v) is 2.88. The van der Waals surface area contributed by atoms with Crippen LogP contribution in [0.4, 0.5) is 4.39 Å². The van der Waals surface area contributed by atoms with Crippen LogP contribution in [0.15, 0.2) is 30.3 Å². The fourth-order valence-corrected chi connectivity index (χ4v) is 1.70. The van der Waals surface area contributed by atoms with E-state index < -0.39 is 0 Å². The highest BCUT2D eigenvalue weighted by molar-refractivity contribution is 5.93. The second-order valence-corrected chi connectivity index (χ2v) is 4.42. The van der Waals surface area contributed by atoms with Crippen LogP contribution in [0.2, 0.25) is 0 Å². The Morgan fingerprint density at radius 3 is 2.72 bits per heavy atom. The summed E-state index contributed by atoms with van der Waals surface area (Å²) in [6.45, 7) is 0. The van der Waals surface area contributed by atoms with Gasteiger partial charge in [-0.3, -0.25) is 9.89 Å². The number of nitrogens with one attached hydrogen (secondary N) is 2. The Balaban J connectivity index is 1.79. The maximum atomic E-state index is 12.8. The third-order valence-electron chi connectivity index (χ3n) is 2.88. The number of amides is 1. The molecule has 1 aromatic heterocycles. The Kier molecular flexibility index (Phi) is 2.59. The Hall–Kier alpha value is -2.17. The largest absolute Gasteiger partial charge is 0.348 e. The van der Waals surface area contributed by atoms with Crippen molar-refractivity contribution in [2.75, 3.05) is 0 Å². The molecular formula is C13H12FN3O. The van der Waals surface area contributed by atoms with Crippen molar-refractivity contribution in [1.82, 2.24) is 15.5 Å². The predicted molar refractivity (Wildman–Crippen MR) is 64.5 cm³/mol. The van der Waals surface area contributed by atoms with Gasteiger partial charge < -0.3 is 5.32 Å². The molecule has 5 heteroatoms. The van der Waals surface area contributed by atoms with Crippen molar-refractivity contribution in [3.63, 3.8) is 0 Å². The minimum Gasteiger partial charge on any atom is -0.348 e. The van der Waals surface area contributed by atoms with Crippen molar-refractivity contribution in [3.8, 4) is 11.3 Å². The first-order chi connectivity index (χ1) is 8.72. The molecule has 0 bridgehead atoms. The second-order valence-electron chi connectivity index (χ2n) is 4.42. The summed E-state index contributed by atoms with van der Waals surface area (Å²) in [5.74, 6) is -0.431. The topological polar surface area (TPSA) is 57.8 Å². The van der Waals surface area contributed by atoms with Crippen LogP contribution in [0.5, 0.6) is 0 Å². The van der Waals surface area contributed by atoms with Crippen molar-refractivity contribution >= 4 is 5.91 Å². The Labute approximate surface area is 103 Å². The van der Waals surface area contributed by atoms with Crippen LogP contribution in [-0.2, 0) is 0 Å². The molecule has 1 aliphatic carbocycles. The van der Waals surface area contributed by atoms with E-state index in [1.165, 1.54) is 12.1 Å². The molecule has 1 aromatic carbocycles. The van der Waals surface area contributed by atoms with E-state index in [0.29, 0.717) is 17.4 Å². The van der Waals surface area contributed by atoms with E-state index in [-0.39, 0.29) is 11.7 Å². The van der Waals surface area contributed by atoms with E-state index in [1.54, 1.807) is 18.2 Å². The number of rotatable bonds is 3. The van der Waals surface area contributed by atoms with Crippen LogP contribution in [0.1, 0.15) is 23.3 Å². The zero-order valence-corrected chi connectivity index (χ0v) is 9.61. The van der Waals surface area contributed by atoms with Crippen molar-refractivity contribution < 1.29 is 9.18 Å². The molecule has 0 spiro atoms. The highest BCUT2D eigenvalue weighted by Crippen LogP contribution is 2.21. The molecule has 0 unspecified atom stereocenters. The molecular weight excluding hydrogens is 233 g/mol. The first kappa shape index (κ1) is 11.0. The quantitative estimate of drug-likeness (QED) is 0.870. The van der Waals surface area contributed by atoms with Gasteiger partial charge in [0.15, 0.2) is 0 Å². The van der Waals surface area contributed by atoms with E-state index in [1.807, 2.05) is 0 Å². The number of carbonyl (C=O) groups is 1. The van der Waals surface area contributed by atoms with E-state index in [9.17, 15) is 9.18 Å².